The number of rotatable bonds is 5. The Balaban J connectivity index is 1.78. The van der Waals surface area contributed by atoms with Gasteiger partial charge in [-0.2, -0.15) is 0 Å². The molecule has 2 N–H and O–H groups in total. The van der Waals surface area contributed by atoms with Crippen LogP contribution in [0.15, 0.2) is 23.4 Å². The van der Waals surface area contributed by atoms with E-state index < -0.39 is 5.97 Å². The number of hydrogen-bond acceptors (Lipinski definition) is 4. The molecule has 6 heteroatoms. The molecule has 0 saturated heterocycles. The molecule has 0 bridgehead atoms. The number of carbonyl (C=O) groups excluding carboxylic acids is 1. The van der Waals surface area contributed by atoms with Crippen LogP contribution in [0.5, 0.6) is 0 Å². The first kappa shape index (κ1) is 15.8. The molecule has 0 unspecified atom stereocenters. The van der Waals surface area contributed by atoms with Gasteiger partial charge in [-0.15, -0.1) is 0 Å². The number of carboxylic acid groups (broad SMARTS) is 1. The number of thioether (sulfide) groups is 1. The van der Waals surface area contributed by atoms with E-state index in [0.717, 1.165) is 18.8 Å². The fourth-order valence-electron chi connectivity index (χ4n) is 2.43. The van der Waals surface area contributed by atoms with E-state index in [1.165, 1.54) is 42.9 Å². The lowest BCUT2D eigenvalue weighted by molar-refractivity contribution is -0.119. The second kappa shape index (κ2) is 7.45. The van der Waals surface area contributed by atoms with Gasteiger partial charge < -0.3 is 10.4 Å². The highest BCUT2D eigenvalue weighted by Crippen LogP contribution is 2.23. The van der Waals surface area contributed by atoms with Crippen molar-refractivity contribution in [2.75, 3.05) is 5.75 Å². The number of carboxylic acids is 1. The summed E-state index contributed by atoms with van der Waals surface area (Å²) >= 11 is 1.26. The molecule has 2 rings (SSSR count). The Bertz CT molecular complexity index is 513. The van der Waals surface area contributed by atoms with Crippen LogP contribution in [0.1, 0.15) is 43.0 Å². The fraction of sp³-hybridized carbons (Fsp3) is 0.533. The summed E-state index contributed by atoms with van der Waals surface area (Å²) in [7, 11) is 0. The van der Waals surface area contributed by atoms with Crippen LogP contribution < -0.4 is 5.32 Å². The van der Waals surface area contributed by atoms with E-state index in [1.807, 2.05) is 0 Å². The van der Waals surface area contributed by atoms with Crippen molar-refractivity contribution in [3.63, 3.8) is 0 Å². The summed E-state index contributed by atoms with van der Waals surface area (Å²) in [5, 5.41) is 12.5. The molecule has 5 nitrogen and oxygen atoms in total. The lowest BCUT2D eigenvalue weighted by Gasteiger charge is -2.26. The zero-order valence-electron chi connectivity index (χ0n) is 12.0. The Morgan fingerprint density at radius 2 is 2.10 bits per heavy atom. The summed E-state index contributed by atoms with van der Waals surface area (Å²) in [6.45, 7) is 2.25. The van der Waals surface area contributed by atoms with Gasteiger partial charge in [0.2, 0.25) is 5.91 Å². The zero-order chi connectivity index (χ0) is 15.2. The third-order valence-corrected chi connectivity index (χ3v) is 4.64. The Hall–Kier alpha value is -1.56. The van der Waals surface area contributed by atoms with Crippen LogP contribution in [-0.4, -0.2) is 33.8 Å². The molecule has 0 aromatic carbocycles. The average molecular weight is 308 g/mol. The summed E-state index contributed by atoms with van der Waals surface area (Å²) in [5.41, 5.74) is 0.189. The predicted molar refractivity (Wildman–Crippen MR) is 81.5 cm³/mol. The number of pyridine rings is 1. The Labute approximate surface area is 128 Å². The average Bonchev–Trinajstić information content (AvgIpc) is 2.48. The molecular weight excluding hydrogens is 288 g/mol. The van der Waals surface area contributed by atoms with Crippen LogP contribution in [0.25, 0.3) is 0 Å². The molecular formula is C15H20N2O3S. The first-order valence-electron chi connectivity index (χ1n) is 7.16. The van der Waals surface area contributed by atoms with Crippen molar-refractivity contribution < 1.29 is 14.7 Å². The predicted octanol–water partition coefficient (Wildman–Crippen LogP) is 2.57. The van der Waals surface area contributed by atoms with Gasteiger partial charge in [-0.1, -0.05) is 18.7 Å². The van der Waals surface area contributed by atoms with E-state index in [0.29, 0.717) is 5.03 Å². The van der Waals surface area contributed by atoms with Gasteiger partial charge in [-0.3, -0.25) is 4.79 Å². The first-order chi connectivity index (χ1) is 10.0. The van der Waals surface area contributed by atoms with Crippen molar-refractivity contribution in [3.05, 3.63) is 23.9 Å². The molecule has 1 aliphatic rings. The van der Waals surface area contributed by atoms with E-state index in [9.17, 15) is 9.59 Å². The largest absolute Gasteiger partial charge is 0.478 e. The minimum Gasteiger partial charge on any atom is -0.478 e. The molecule has 1 aliphatic carbocycles. The maximum atomic E-state index is 11.9. The van der Waals surface area contributed by atoms with Crippen LogP contribution in [-0.2, 0) is 4.79 Å². The molecule has 0 spiro atoms. The second-order valence-corrected chi connectivity index (χ2v) is 6.50. The van der Waals surface area contributed by atoms with Crippen LogP contribution in [0.4, 0.5) is 0 Å². The van der Waals surface area contributed by atoms with E-state index >= 15 is 0 Å². The molecule has 1 amide bonds. The SMILES string of the molecule is CC1CCC(NC(=O)CSc2cc(C(=O)O)ccn2)CC1. The van der Waals surface area contributed by atoms with Crippen molar-refractivity contribution in [1.82, 2.24) is 10.3 Å². The van der Waals surface area contributed by atoms with Crippen LogP contribution in [0, 0.1) is 5.92 Å². The van der Waals surface area contributed by atoms with E-state index in [2.05, 4.69) is 17.2 Å². The first-order valence-corrected chi connectivity index (χ1v) is 8.14. The highest BCUT2D eigenvalue weighted by Gasteiger charge is 2.19. The van der Waals surface area contributed by atoms with Crippen LogP contribution in [0.2, 0.25) is 0 Å². The molecule has 0 atom stereocenters. The van der Waals surface area contributed by atoms with Crippen molar-refractivity contribution in [2.24, 2.45) is 5.92 Å². The molecule has 0 radical (unpaired) electrons. The Morgan fingerprint density at radius 1 is 1.38 bits per heavy atom. The summed E-state index contributed by atoms with van der Waals surface area (Å²) in [4.78, 5) is 26.8. The van der Waals surface area contributed by atoms with Crippen molar-refractivity contribution in [3.8, 4) is 0 Å². The van der Waals surface area contributed by atoms with Gasteiger partial charge in [0.05, 0.1) is 16.3 Å². The molecule has 21 heavy (non-hydrogen) atoms. The van der Waals surface area contributed by atoms with Gasteiger partial charge in [0, 0.05) is 12.2 Å². The van der Waals surface area contributed by atoms with Crippen molar-refractivity contribution >= 4 is 23.6 Å². The quantitative estimate of drug-likeness (QED) is 0.817. The number of carbonyl (C=O) groups is 2. The third kappa shape index (κ3) is 5.04. The molecule has 1 aromatic rings. The maximum Gasteiger partial charge on any atom is 0.335 e. The fourth-order valence-corrected chi connectivity index (χ4v) is 3.14. The van der Waals surface area contributed by atoms with Crippen molar-refractivity contribution in [1.29, 1.82) is 0 Å². The third-order valence-electron chi connectivity index (χ3n) is 3.71. The van der Waals surface area contributed by atoms with E-state index in [1.54, 1.807) is 0 Å². The topological polar surface area (TPSA) is 79.3 Å². The lowest BCUT2D eigenvalue weighted by Crippen LogP contribution is -2.38. The normalized spacial score (nSPS) is 21.8. The number of hydrogen-bond donors (Lipinski definition) is 2. The molecule has 1 heterocycles. The molecule has 0 aliphatic heterocycles. The Kier molecular flexibility index (Phi) is 5.61. The van der Waals surface area contributed by atoms with Gasteiger partial charge in [0.1, 0.15) is 0 Å². The summed E-state index contributed by atoms with van der Waals surface area (Å²) in [5.74, 6) is 0.0277. The van der Waals surface area contributed by atoms with Gasteiger partial charge in [-0.25, -0.2) is 9.78 Å². The highest BCUT2D eigenvalue weighted by atomic mass is 32.2. The molecule has 1 fully saturated rings. The number of aromatic nitrogens is 1. The number of aromatic carboxylic acids is 1. The number of amides is 1. The minimum absolute atomic E-state index is 0.0120. The van der Waals surface area contributed by atoms with Crippen LogP contribution in [0.3, 0.4) is 0 Å². The number of nitrogens with zero attached hydrogens (tertiary/aromatic N) is 1. The van der Waals surface area contributed by atoms with Gasteiger partial charge in [0.25, 0.3) is 0 Å². The second-order valence-electron chi connectivity index (χ2n) is 5.50. The number of nitrogens with one attached hydrogen (secondary N) is 1. The van der Waals surface area contributed by atoms with Crippen LogP contribution >= 0.6 is 11.8 Å². The van der Waals surface area contributed by atoms with E-state index in [-0.39, 0.29) is 23.3 Å². The smallest absolute Gasteiger partial charge is 0.335 e. The van der Waals surface area contributed by atoms with Gasteiger partial charge in [-0.05, 0) is 43.7 Å². The highest BCUT2D eigenvalue weighted by molar-refractivity contribution is 7.99. The zero-order valence-corrected chi connectivity index (χ0v) is 12.9. The van der Waals surface area contributed by atoms with E-state index in [4.69, 9.17) is 5.11 Å². The standard InChI is InChI=1S/C15H20N2O3S/c1-10-2-4-12(5-3-10)17-13(18)9-21-14-8-11(15(19)20)6-7-16-14/h6-8,10,12H,2-5,9H2,1H3,(H,17,18)(H,19,20). The summed E-state index contributed by atoms with van der Waals surface area (Å²) < 4.78 is 0. The van der Waals surface area contributed by atoms with Gasteiger partial charge in [0.15, 0.2) is 0 Å². The minimum atomic E-state index is -0.986. The van der Waals surface area contributed by atoms with Gasteiger partial charge >= 0.3 is 5.97 Å². The summed E-state index contributed by atoms with van der Waals surface area (Å²) in [6.07, 6.45) is 5.88. The monoisotopic (exact) mass is 308 g/mol. The Morgan fingerprint density at radius 3 is 2.76 bits per heavy atom. The maximum absolute atomic E-state index is 11.9. The lowest BCUT2D eigenvalue weighted by atomic mass is 9.87. The molecule has 1 saturated carbocycles. The molecule has 114 valence electrons. The summed E-state index contributed by atoms with van der Waals surface area (Å²) in [6, 6.07) is 3.21. The molecule has 1 aromatic heterocycles. The van der Waals surface area contributed by atoms with Crippen molar-refractivity contribution in [2.45, 2.75) is 43.7 Å².